The fourth-order valence-corrected chi connectivity index (χ4v) is 4.00. The van der Waals surface area contributed by atoms with Crippen molar-refractivity contribution in [3.63, 3.8) is 0 Å². The maximum absolute atomic E-state index is 13.3. The Labute approximate surface area is 196 Å². The smallest absolute Gasteiger partial charge is 0.247 e. The average molecular weight is 469 g/mol. The van der Waals surface area contributed by atoms with E-state index in [1.165, 1.54) is 33.1 Å². The van der Waals surface area contributed by atoms with Crippen LogP contribution in [0.5, 0.6) is 23.1 Å². The number of hydrogen-bond donors (Lipinski definition) is 0. The van der Waals surface area contributed by atoms with Gasteiger partial charge < -0.3 is 18.9 Å². The predicted octanol–water partition coefficient (Wildman–Crippen LogP) is 4.12. The number of amides is 1. The lowest BCUT2D eigenvalue weighted by Crippen LogP contribution is -2.37. The molecule has 0 saturated heterocycles. The minimum atomic E-state index is -0.861. The second kappa shape index (κ2) is 9.53. The van der Waals surface area contributed by atoms with Gasteiger partial charge in [0.1, 0.15) is 0 Å². The highest BCUT2D eigenvalue weighted by atomic mass is 32.2. The van der Waals surface area contributed by atoms with Gasteiger partial charge in [0.05, 0.1) is 27.0 Å². The standard InChI is InChI=1S/C23H24N4O5S/c1-6-18(28)27-15-10-8-7-9-14(15)19-21(24-23(33-5)26-25-19)32-22(27)13-11-16(29-2)20(31-4)17(12-13)30-3/h7-12,22H,6H2,1-5H3. The van der Waals surface area contributed by atoms with Crippen LogP contribution in [0.3, 0.4) is 0 Å². The summed E-state index contributed by atoms with van der Waals surface area (Å²) in [5.41, 5.74) is 2.44. The molecule has 1 aromatic heterocycles. The number of nitrogens with zero attached hydrogens (tertiary/aromatic N) is 4. The van der Waals surface area contributed by atoms with Gasteiger partial charge in [0.2, 0.25) is 28.9 Å². The van der Waals surface area contributed by atoms with Gasteiger partial charge in [0.15, 0.2) is 17.2 Å². The molecule has 33 heavy (non-hydrogen) atoms. The van der Waals surface area contributed by atoms with Gasteiger partial charge in [-0.3, -0.25) is 9.69 Å². The topological polar surface area (TPSA) is 95.9 Å². The maximum Gasteiger partial charge on any atom is 0.247 e. The molecule has 4 rings (SSSR count). The monoisotopic (exact) mass is 468 g/mol. The van der Waals surface area contributed by atoms with Crippen LogP contribution >= 0.6 is 11.8 Å². The molecule has 2 heterocycles. The van der Waals surface area contributed by atoms with Gasteiger partial charge in [-0.1, -0.05) is 36.9 Å². The van der Waals surface area contributed by atoms with Crippen molar-refractivity contribution < 1.29 is 23.7 Å². The number of benzene rings is 2. The number of aromatic nitrogens is 3. The Morgan fingerprint density at radius 3 is 2.39 bits per heavy atom. The maximum atomic E-state index is 13.3. The molecule has 0 aliphatic carbocycles. The summed E-state index contributed by atoms with van der Waals surface area (Å²) in [5, 5.41) is 9.01. The molecule has 0 N–H and O–H groups in total. The summed E-state index contributed by atoms with van der Waals surface area (Å²) in [6.45, 7) is 1.80. The first kappa shape index (κ1) is 22.7. The molecule has 10 heteroatoms. The van der Waals surface area contributed by atoms with Gasteiger partial charge in [-0.15, -0.1) is 10.2 Å². The summed E-state index contributed by atoms with van der Waals surface area (Å²) in [6, 6.07) is 11.0. The Bertz CT molecular complexity index is 1160. The van der Waals surface area contributed by atoms with Crippen LogP contribution in [0.25, 0.3) is 11.3 Å². The summed E-state index contributed by atoms with van der Waals surface area (Å²) in [6.07, 6.45) is 1.27. The van der Waals surface area contributed by atoms with Crippen molar-refractivity contribution in [1.29, 1.82) is 0 Å². The van der Waals surface area contributed by atoms with E-state index in [1.807, 2.05) is 30.5 Å². The van der Waals surface area contributed by atoms with Crippen LogP contribution in [0.2, 0.25) is 0 Å². The molecule has 9 nitrogen and oxygen atoms in total. The lowest BCUT2D eigenvalue weighted by atomic mass is 10.1. The van der Waals surface area contributed by atoms with Gasteiger partial charge in [0, 0.05) is 17.5 Å². The number of fused-ring (bicyclic) bond motifs is 3. The quantitative estimate of drug-likeness (QED) is 0.495. The van der Waals surface area contributed by atoms with Crippen molar-refractivity contribution in [2.24, 2.45) is 0 Å². The van der Waals surface area contributed by atoms with E-state index in [-0.39, 0.29) is 18.2 Å². The SMILES string of the molecule is CCC(=O)N1c2ccccc2-c2nnc(SC)nc2OC1c1cc(OC)c(OC)c(OC)c1. The molecule has 1 atom stereocenters. The number of thioether (sulfide) groups is 1. The van der Waals surface area contributed by atoms with E-state index in [1.54, 1.807) is 24.0 Å². The van der Waals surface area contributed by atoms with Crippen molar-refractivity contribution in [3.8, 4) is 34.4 Å². The number of ether oxygens (including phenoxy) is 4. The molecule has 2 aromatic carbocycles. The van der Waals surface area contributed by atoms with E-state index in [4.69, 9.17) is 18.9 Å². The molecule has 0 bridgehead atoms. The number of carbonyl (C=O) groups is 1. The molecular formula is C23H24N4O5S. The van der Waals surface area contributed by atoms with Gasteiger partial charge >= 0.3 is 0 Å². The van der Waals surface area contributed by atoms with E-state index in [0.29, 0.717) is 44.9 Å². The zero-order valence-corrected chi connectivity index (χ0v) is 19.8. The van der Waals surface area contributed by atoms with Crippen molar-refractivity contribution >= 4 is 23.4 Å². The lowest BCUT2D eigenvalue weighted by molar-refractivity contribution is -0.120. The summed E-state index contributed by atoms with van der Waals surface area (Å²) in [4.78, 5) is 19.4. The van der Waals surface area contributed by atoms with Crippen LogP contribution in [-0.4, -0.2) is 48.7 Å². The Hall–Kier alpha value is -3.53. The Kier molecular flexibility index (Phi) is 6.55. The molecule has 0 fully saturated rings. The number of rotatable bonds is 6. The lowest BCUT2D eigenvalue weighted by Gasteiger charge is -2.31. The largest absolute Gasteiger partial charge is 0.493 e. The zero-order valence-electron chi connectivity index (χ0n) is 19.0. The molecule has 1 aliphatic rings. The molecule has 3 aromatic rings. The van der Waals surface area contributed by atoms with Crippen LogP contribution in [0.15, 0.2) is 41.6 Å². The first-order chi connectivity index (χ1) is 16.1. The minimum absolute atomic E-state index is 0.132. The van der Waals surface area contributed by atoms with Crippen molar-refractivity contribution in [3.05, 3.63) is 42.0 Å². The molecule has 0 saturated carbocycles. The molecule has 1 unspecified atom stereocenters. The van der Waals surface area contributed by atoms with Gasteiger partial charge in [-0.05, 0) is 24.5 Å². The number of carbonyl (C=O) groups excluding carboxylic acids is 1. The third-order valence-electron chi connectivity index (χ3n) is 5.24. The fraction of sp³-hybridized carbons (Fsp3) is 0.304. The number of methoxy groups -OCH3 is 3. The van der Waals surface area contributed by atoms with Crippen LogP contribution in [-0.2, 0) is 4.79 Å². The highest BCUT2D eigenvalue weighted by Crippen LogP contribution is 2.46. The van der Waals surface area contributed by atoms with Gasteiger partial charge in [0.25, 0.3) is 0 Å². The molecular weight excluding hydrogens is 444 g/mol. The Balaban J connectivity index is 1.99. The minimum Gasteiger partial charge on any atom is -0.493 e. The molecule has 1 aliphatic heterocycles. The van der Waals surface area contributed by atoms with Crippen molar-refractivity contribution in [2.75, 3.05) is 32.5 Å². The van der Waals surface area contributed by atoms with Crippen LogP contribution in [0.1, 0.15) is 25.1 Å². The first-order valence-corrected chi connectivity index (χ1v) is 11.4. The van der Waals surface area contributed by atoms with Crippen LogP contribution in [0.4, 0.5) is 5.69 Å². The molecule has 0 spiro atoms. The van der Waals surface area contributed by atoms with Crippen LogP contribution in [0, 0.1) is 0 Å². The first-order valence-electron chi connectivity index (χ1n) is 10.2. The fourth-order valence-electron chi connectivity index (χ4n) is 3.70. The number of hydrogen-bond acceptors (Lipinski definition) is 9. The van der Waals surface area contributed by atoms with E-state index in [9.17, 15) is 4.79 Å². The van der Waals surface area contributed by atoms with Gasteiger partial charge in [-0.25, -0.2) is 0 Å². The normalized spacial score (nSPS) is 14.5. The summed E-state index contributed by atoms with van der Waals surface area (Å²) in [7, 11) is 4.61. The van der Waals surface area contributed by atoms with Crippen LogP contribution < -0.4 is 23.8 Å². The predicted molar refractivity (Wildman–Crippen MR) is 124 cm³/mol. The second-order valence-corrected chi connectivity index (χ2v) is 7.79. The highest BCUT2D eigenvalue weighted by molar-refractivity contribution is 7.98. The van der Waals surface area contributed by atoms with Gasteiger partial charge in [-0.2, -0.15) is 4.98 Å². The number of anilines is 1. The number of para-hydroxylation sites is 1. The third-order valence-corrected chi connectivity index (χ3v) is 5.78. The van der Waals surface area contributed by atoms with E-state index >= 15 is 0 Å². The molecule has 172 valence electrons. The highest BCUT2D eigenvalue weighted by Gasteiger charge is 2.36. The Morgan fingerprint density at radius 1 is 1.09 bits per heavy atom. The summed E-state index contributed by atoms with van der Waals surface area (Å²) in [5.74, 6) is 1.49. The molecule has 0 radical (unpaired) electrons. The van der Waals surface area contributed by atoms with Crippen molar-refractivity contribution in [2.45, 2.75) is 24.7 Å². The second-order valence-electron chi connectivity index (χ2n) is 7.02. The summed E-state index contributed by atoms with van der Waals surface area (Å²) >= 11 is 1.35. The van der Waals surface area contributed by atoms with E-state index in [0.717, 1.165) is 0 Å². The average Bonchev–Trinajstić information content (AvgIpc) is 3.01. The molecule has 1 amide bonds. The Morgan fingerprint density at radius 2 is 1.79 bits per heavy atom. The van der Waals surface area contributed by atoms with Crippen molar-refractivity contribution in [1.82, 2.24) is 15.2 Å². The zero-order chi connectivity index (χ0) is 23.5. The van der Waals surface area contributed by atoms with E-state index in [2.05, 4.69) is 15.2 Å². The van der Waals surface area contributed by atoms with E-state index < -0.39 is 6.23 Å². The third kappa shape index (κ3) is 4.02. The summed E-state index contributed by atoms with van der Waals surface area (Å²) < 4.78 is 22.9.